The standard InChI is InChI=1S/C14H21ClN2O/c1-3-12(9-16)14(18)17-10(2)8-11-4-6-13(15)7-5-11/h4-7,10,12H,3,8-9,16H2,1-2H3,(H,17,18). The highest BCUT2D eigenvalue weighted by Crippen LogP contribution is 2.11. The van der Waals surface area contributed by atoms with Crippen molar-refractivity contribution in [1.29, 1.82) is 0 Å². The van der Waals surface area contributed by atoms with Gasteiger partial charge in [0.2, 0.25) is 5.91 Å². The van der Waals surface area contributed by atoms with Crippen LogP contribution in [0.3, 0.4) is 0 Å². The zero-order valence-electron chi connectivity index (χ0n) is 10.9. The van der Waals surface area contributed by atoms with E-state index < -0.39 is 0 Å². The molecule has 0 bridgehead atoms. The molecule has 0 aliphatic carbocycles. The van der Waals surface area contributed by atoms with E-state index in [2.05, 4.69) is 5.32 Å². The van der Waals surface area contributed by atoms with Crippen LogP contribution < -0.4 is 11.1 Å². The maximum absolute atomic E-state index is 11.8. The third-order valence-electron chi connectivity index (χ3n) is 2.99. The lowest BCUT2D eigenvalue weighted by molar-refractivity contribution is -0.125. The number of nitrogens with one attached hydrogen (secondary N) is 1. The van der Waals surface area contributed by atoms with Crippen LogP contribution in [0.1, 0.15) is 25.8 Å². The van der Waals surface area contributed by atoms with Crippen molar-refractivity contribution in [2.45, 2.75) is 32.7 Å². The summed E-state index contributed by atoms with van der Waals surface area (Å²) in [4.78, 5) is 11.8. The SMILES string of the molecule is CCC(CN)C(=O)NC(C)Cc1ccc(Cl)cc1. The summed E-state index contributed by atoms with van der Waals surface area (Å²) < 4.78 is 0. The molecule has 0 fully saturated rings. The molecule has 18 heavy (non-hydrogen) atoms. The van der Waals surface area contributed by atoms with Gasteiger partial charge in [-0.15, -0.1) is 0 Å². The van der Waals surface area contributed by atoms with Gasteiger partial charge >= 0.3 is 0 Å². The first kappa shape index (κ1) is 15.0. The van der Waals surface area contributed by atoms with Gasteiger partial charge in [0.05, 0.1) is 0 Å². The number of benzene rings is 1. The van der Waals surface area contributed by atoms with Crippen molar-refractivity contribution >= 4 is 17.5 Å². The number of carbonyl (C=O) groups excluding carboxylic acids is 1. The topological polar surface area (TPSA) is 55.1 Å². The molecule has 2 atom stereocenters. The Morgan fingerprint density at radius 2 is 2.00 bits per heavy atom. The molecule has 1 rings (SSSR count). The molecule has 3 N–H and O–H groups in total. The summed E-state index contributed by atoms with van der Waals surface area (Å²) in [6, 6.07) is 7.77. The van der Waals surface area contributed by atoms with Gasteiger partial charge in [0.25, 0.3) is 0 Å². The van der Waals surface area contributed by atoms with Gasteiger partial charge in [0, 0.05) is 23.5 Å². The number of nitrogens with two attached hydrogens (primary N) is 1. The van der Waals surface area contributed by atoms with E-state index in [9.17, 15) is 4.79 Å². The second kappa shape index (κ2) is 7.39. The van der Waals surface area contributed by atoms with Crippen molar-refractivity contribution in [3.05, 3.63) is 34.9 Å². The summed E-state index contributed by atoms with van der Waals surface area (Å²) in [6.07, 6.45) is 1.57. The van der Waals surface area contributed by atoms with Crippen molar-refractivity contribution in [3.8, 4) is 0 Å². The highest BCUT2D eigenvalue weighted by molar-refractivity contribution is 6.30. The molecule has 2 unspecified atom stereocenters. The van der Waals surface area contributed by atoms with E-state index >= 15 is 0 Å². The lowest BCUT2D eigenvalue weighted by Gasteiger charge is -2.18. The van der Waals surface area contributed by atoms with Crippen molar-refractivity contribution in [2.75, 3.05) is 6.54 Å². The molecule has 4 heteroatoms. The summed E-state index contributed by atoms with van der Waals surface area (Å²) in [5.41, 5.74) is 6.71. The Morgan fingerprint density at radius 3 is 2.50 bits per heavy atom. The first-order valence-electron chi connectivity index (χ1n) is 6.31. The van der Waals surface area contributed by atoms with Crippen LogP contribution in [0.5, 0.6) is 0 Å². The van der Waals surface area contributed by atoms with Crippen LogP contribution in [0.2, 0.25) is 5.02 Å². The minimum absolute atomic E-state index is 0.0430. The predicted molar refractivity (Wildman–Crippen MR) is 75.6 cm³/mol. The molecule has 1 amide bonds. The Balaban J connectivity index is 2.48. The first-order chi connectivity index (χ1) is 8.56. The van der Waals surface area contributed by atoms with Crippen LogP contribution in [-0.2, 0) is 11.2 Å². The van der Waals surface area contributed by atoms with E-state index in [1.54, 1.807) is 0 Å². The molecule has 0 heterocycles. The average molecular weight is 269 g/mol. The lowest BCUT2D eigenvalue weighted by Crippen LogP contribution is -2.40. The van der Waals surface area contributed by atoms with Crippen LogP contribution in [0, 0.1) is 5.92 Å². The molecule has 0 aliphatic rings. The van der Waals surface area contributed by atoms with Crippen molar-refractivity contribution < 1.29 is 4.79 Å². The summed E-state index contributed by atoms with van der Waals surface area (Å²) >= 11 is 5.83. The highest BCUT2D eigenvalue weighted by Gasteiger charge is 2.16. The first-order valence-corrected chi connectivity index (χ1v) is 6.69. The Bertz CT molecular complexity index is 374. The molecule has 0 aromatic heterocycles. The van der Waals surface area contributed by atoms with E-state index in [1.807, 2.05) is 38.1 Å². The minimum Gasteiger partial charge on any atom is -0.353 e. The smallest absolute Gasteiger partial charge is 0.224 e. The van der Waals surface area contributed by atoms with E-state index in [0.29, 0.717) is 6.54 Å². The number of amides is 1. The zero-order valence-corrected chi connectivity index (χ0v) is 11.7. The average Bonchev–Trinajstić information content (AvgIpc) is 2.33. The molecule has 100 valence electrons. The van der Waals surface area contributed by atoms with Gasteiger partial charge in [0.15, 0.2) is 0 Å². The maximum atomic E-state index is 11.8. The van der Waals surface area contributed by atoms with Crippen molar-refractivity contribution in [3.63, 3.8) is 0 Å². The Morgan fingerprint density at radius 1 is 1.39 bits per heavy atom. The van der Waals surface area contributed by atoms with E-state index in [1.165, 1.54) is 0 Å². The van der Waals surface area contributed by atoms with Crippen molar-refractivity contribution in [1.82, 2.24) is 5.32 Å². The van der Waals surface area contributed by atoms with E-state index in [4.69, 9.17) is 17.3 Å². The highest BCUT2D eigenvalue weighted by atomic mass is 35.5. The van der Waals surface area contributed by atoms with Gasteiger partial charge < -0.3 is 11.1 Å². The molecule has 0 saturated heterocycles. The number of rotatable bonds is 6. The molecule has 3 nitrogen and oxygen atoms in total. The summed E-state index contributed by atoms with van der Waals surface area (Å²) in [6.45, 7) is 4.37. The van der Waals surface area contributed by atoms with Crippen LogP contribution in [-0.4, -0.2) is 18.5 Å². The van der Waals surface area contributed by atoms with Crippen LogP contribution in [0.4, 0.5) is 0 Å². The third-order valence-corrected chi connectivity index (χ3v) is 3.24. The lowest BCUT2D eigenvalue weighted by atomic mass is 10.0. The van der Waals surface area contributed by atoms with Crippen LogP contribution in [0.15, 0.2) is 24.3 Å². The number of halogens is 1. The van der Waals surface area contributed by atoms with Gasteiger partial charge in [0.1, 0.15) is 0 Å². The van der Waals surface area contributed by atoms with Gasteiger partial charge in [-0.05, 0) is 37.5 Å². The summed E-state index contributed by atoms with van der Waals surface area (Å²) in [5, 5.41) is 3.72. The Labute approximate surface area is 114 Å². The number of carbonyl (C=O) groups is 1. The monoisotopic (exact) mass is 268 g/mol. The van der Waals surface area contributed by atoms with Crippen molar-refractivity contribution in [2.24, 2.45) is 11.7 Å². The molecule has 0 spiro atoms. The van der Waals surface area contributed by atoms with Gasteiger partial charge in [-0.2, -0.15) is 0 Å². The fourth-order valence-corrected chi connectivity index (χ4v) is 1.97. The summed E-state index contributed by atoms with van der Waals surface area (Å²) in [5.74, 6) is -0.0425. The van der Waals surface area contributed by atoms with Gasteiger partial charge in [-0.1, -0.05) is 30.7 Å². The van der Waals surface area contributed by atoms with Crippen LogP contribution >= 0.6 is 11.6 Å². The molecular formula is C14H21ClN2O. The molecule has 1 aromatic carbocycles. The number of hydrogen-bond donors (Lipinski definition) is 2. The second-order valence-electron chi connectivity index (χ2n) is 4.58. The molecular weight excluding hydrogens is 248 g/mol. The Hall–Kier alpha value is -1.06. The Kier molecular flexibility index (Phi) is 6.16. The van der Waals surface area contributed by atoms with Gasteiger partial charge in [-0.25, -0.2) is 0 Å². The molecule has 0 saturated carbocycles. The molecule has 0 aliphatic heterocycles. The van der Waals surface area contributed by atoms with Crippen LogP contribution in [0.25, 0.3) is 0 Å². The molecule has 0 radical (unpaired) electrons. The second-order valence-corrected chi connectivity index (χ2v) is 5.02. The largest absolute Gasteiger partial charge is 0.353 e. The third kappa shape index (κ3) is 4.67. The predicted octanol–water partition coefficient (Wildman–Crippen LogP) is 2.37. The minimum atomic E-state index is -0.0855. The molecule has 1 aromatic rings. The fraction of sp³-hybridized carbons (Fsp3) is 0.500. The maximum Gasteiger partial charge on any atom is 0.224 e. The quantitative estimate of drug-likeness (QED) is 0.832. The summed E-state index contributed by atoms with van der Waals surface area (Å²) in [7, 11) is 0. The van der Waals surface area contributed by atoms with E-state index in [0.717, 1.165) is 23.4 Å². The zero-order chi connectivity index (χ0) is 13.5. The number of hydrogen-bond acceptors (Lipinski definition) is 2. The normalized spacial score (nSPS) is 14.0. The van der Waals surface area contributed by atoms with Gasteiger partial charge in [-0.3, -0.25) is 4.79 Å². The fourth-order valence-electron chi connectivity index (χ4n) is 1.84. The van der Waals surface area contributed by atoms with E-state index in [-0.39, 0.29) is 17.9 Å².